The Hall–Kier alpha value is -2.96. The molecule has 0 radical (unpaired) electrons. The predicted octanol–water partition coefficient (Wildman–Crippen LogP) is 3.03. The number of anilines is 1. The van der Waals surface area contributed by atoms with Gasteiger partial charge in [0.15, 0.2) is 17.2 Å². The van der Waals surface area contributed by atoms with Crippen LogP contribution in [0.5, 0.6) is 0 Å². The van der Waals surface area contributed by atoms with E-state index in [4.69, 9.17) is 4.42 Å². The van der Waals surface area contributed by atoms with Crippen LogP contribution in [0.3, 0.4) is 0 Å². The molecule has 4 rings (SSSR count). The number of nitrogens with zero attached hydrogens (tertiary/aromatic N) is 4. The summed E-state index contributed by atoms with van der Waals surface area (Å²) in [5.74, 6) is 2.05. The van der Waals surface area contributed by atoms with E-state index in [1.165, 1.54) is 17.5 Å². The van der Waals surface area contributed by atoms with Gasteiger partial charge in [-0.15, -0.1) is 0 Å². The lowest BCUT2D eigenvalue weighted by Crippen LogP contribution is -2.03. The lowest BCUT2D eigenvalue weighted by atomic mass is 10.1. The van der Waals surface area contributed by atoms with Gasteiger partial charge < -0.3 is 14.7 Å². The molecule has 0 atom stereocenters. The lowest BCUT2D eigenvalue weighted by Gasteiger charge is -2.02. The number of aromatic amines is 1. The van der Waals surface area contributed by atoms with E-state index in [-0.39, 0.29) is 0 Å². The third-order valence-corrected chi connectivity index (χ3v) is 3.87. The monoisotopic (exact) mass is 308 g/mol. The maximum atomic E-state index is 5.41. The molecular formula is C16H16N6O. The number of rotatable bonds is 3. The van der Waals surface area contributed by atoms with Gasteiger partial charge in [-0.1, -0.05) is 0 Å². The van der Waals surface area contributed by atoms with Crippen LogP contribution in [0.2, 0.25) is 0 Å². The molecule has 0 aliphatic heterocycles. The summed E-state index contributed by atoms with van der Waals surface area (Å²) in [4.78, 5) is 20.5. The highest BCUT2D eigenvalue weighted by atomic mass is 16.4. The average Bonchev–Trinajstić information content (AvgIpc) is 3.07. The smallest absolute Gasteiger partial charge is 0.252 e. The number of nitrogens with one attached hydrogen (secondary N) is 2. The quantitative estimate of drug-likeness (QED) is 0.604. The van der Waals surface area contributed by atoms with Crippen molar-refractivity contribution in [3.8, 4) is 0 Å². The molecule has 0 amide bonds. The lowest BCUT2D eigenvalue weighted by molar-refractivity contribution is 0.551. The van der Waals surface area contributed by atoms with E-state index in [1.807, 2.05) is 0 Å². The molecule has 3 heterocycles. The van der Waals surface area contributed by atoms with Crippen molar-refractivity contribution >= 4 is 28.1 Å². The second-order valence-electron chi connectivity index (χ2n) is 5.60. The molecule has 0 aliphatic carbocycles. The number of fused-ring (bicyclic) bond motifs is 2. The number of aromatic nitrogens is 5. The molecule has 0 unspecified atom stereocenters. The molecule has 4 aromatic rings. The highest BCUT2D eigenvalue weighted by Crippen LogP contribution is 2.20. The summed E-state index contributed by atoms with van der Waals surface area (Å²) < 4.78 is 5.41. The van der Waals surface area contributed by atoms with Gasteiger partial charge >= 0.3 is 0 Å². The highest BCUT2D eigenvalue weighted by molar-refractivity contribution is 5.81. The van der Waals surface area contributed by atoms with Gasteiger partial charge in [0.1, 0.15) is 12.2 Å². The van der Waals surface area contributed by atoms with E-state index < -0.39 is 0 Å². The Morgan fingerprint density at radius 3 is 2.78 bits per heavy atom. The van der Waals surface area contributed by atoms with Gasteiger partial charge in [0.2, 0.25) is 0 Å². The molecule has 3 aromatic heterocycles. The van der Waals surface area contributed by atoms with Crippen LogP contribution < -0.4 is 5.32 Å². The van der Waals surface area contributed by atoms with Crippen LogP contribution in [0, 0.1) is 20.8 Å². The van der Waals surface area contributed by atoms with Crippen molar-refractivity contribution in [2.45, 2.75) is 27.3 Å². The second kappa shape index (κ2) is 5.05. The zero-order chi connectivity index (χ0) is 16.0. The van der Waals surface area contributed by atoms with Gasteiger partial charge in [-0.25, -0.2) is 15.0 Å². The summed E-state index contributed by atoms with van der Waals surface area (Å²) in [6, 6.07) is 4.21. The fourth-order valence-corrected chi connectivity index (χ4v) is 2.56. The van der Waals surface area contributed by atoms with Crippen molar-refractivity contribution in [3.05, 3.63) is 41.3 Å². The van der Waals surface area contributed by atoms with Crippen LogP contribution in [0.25, 0.3) is 22.3 Å². The number of benzene rings is 1. The zero-order valence-corrected chi connectivity index (χ0v) is 13.1. The maximum absolute atomic E-state index is 5.41. The summed E-state index contributed by atoms with van der Waals surface area (Å²) in [7, 11) is 0. The normalized spacial score (nSPS) is 11.4. The molecule has 1 aromatic carbocycles. The maximum Gasteiger partial charge on any atom is 0.252 e. The molecule has 0 saturated carbocycles. The Morgan fingerprint density at radius 1 is 1.09 bits per heavy atom. The van der Waals surface area contributed by atoms with E-state index in [0.717, 1.165) is 16.9 Å². The third-order valence-electron chi connectivity index (χ3n) is 3.87. The minimum atomic E-state index is 0.482. The van der Waals surface area contributed by atoms with E-state index >= 15 is 0 Å². The molecule has 23 heavy (non-hydrogen) atoms. The molecule has 0 bridgehead atoms. The number of hydrogen-bond donors (Lipinski definition) is 2. The minimum absolute atomic E-state index is 0.482. The van der Waals surface area contributed by atoms with Crippen molar-refractivity contribution in [1.82, 2.24) is 24.9 Å². The number of oxazole rings is 1. The second-order valence-corrected chi connectivity index (χ2v) is 5.60. The van der Waals surface area contributed by atoms with Crippen LogP contribution in [0.4, 0.5) is 5.82 Å². The summed E-state index contributed by atoms with van der Waals surface area (Å²) in [6.07, 6.45) is 1.46. The Balaban J connectivity index is 1.63. The Kier molecular flexibility index (Phi) is 3.00. The van der Waals surface area contributed by atoms with Crippen molar-refractivity contribution in [1.29, 1.82) is 0 Å². The number of hydrogen-bond acceptors (Lipinski definition) is 6. The molecular weight excluding hydrogens is 292 g/mol. The van der Waals surface area contributed by atoms with Crippen molar-refractivity contribution in [3.63, 3.8) is 0 Å². The molecule has 7 nitrogen and oxygen atoms in total. The molecule has 2 N–H and O–H groups in total. The zero-order valence-electron chi connectivity index (χ0n) is 13.1. The number of H-pyrrole nitrogens is 1. The minimum Gasteiger partial charge on any atom is -0.422 e. The molecule has 0 fully saturated rings. The Bertz CT molecular complexity index is 977. The van der Waals surface area contributed by atoms with Gasteiger partial charge in [-0.3, -0.25) is 0 Å². The van der Waals surface area contributed by atoms with Gasteiger partial charge in [0.25, 0.3) is 5.71 Å². The third kappa shape index (κ3) is 2.40. The largest absolute Gasteiger partial charge is 0.422 e. The van der Waals surface area contributed by atoms with E-state index in [1.54, 1.807) is 6.92 Å². The highest BCUT2D eigenvalue weighted by Gasteiger charge is 2.11. The molecule has 0 saturated heterocycles. The van der Waals surface area contributed by atoms with Crippen molar-refractivity contribution < 1.29 is 4.42 Å². The van der Waals surface area contributed by atoms with E-state index in [9.17, 15) is 0 Å². The number of aryl methyl sites for hydroxylation is 3. The summed E-state index contributed by atoms with van der Waals surface area (Å²) in [5, 5.41) is 3.24. The van der Waals surface area contributed by atoms with Crippen LogP contribution >= 0.6 is 0 Å². The van der Waals surface area contributed by atoms with Crippen LogP contribution in [-0.2, 0) is 6.54 Å². The van der Waals surface area contributed by atoms with Gasteiger partial charge in [-0.05, 0) is 37.1 Å². The summed E-state index contributed by atoms with van der Waals surface area (Å²) >= 11 is 0. The average molecular weight is 308 g/mol. The standard InChI is InChI=1S/C16H16N6O/c1-8-4-11-12(5-9(8)2)22-13(21-11)6-17-15-14-16(19-7-18-15)23-10(3)20-14/h4-5,7H,6H2,1-3H3,(H,21,22)(H,17,18,19). The van der Waals surface area contributed by atoms with Crippen molar-refractivity contribution in [2.75, 3.05) is 5.32 Å². The fourth-order valence-electron chi connectivity index (χ4n) is 2.56. The first-order valence-electron chi connectivity index (χ1n) is 7.38. The van der Waals surface area contributed by atoms with Gasteiger partial charge in [0.05, 0.1) is 17.6 Å². The number of imidazole rings is 1. The Morgan fingerprint density at radius 2 is 1.91 bits per heavy atom. The first-order chi connectivity index (χ1) is 11.1. The fraction of sp³-hybridized carbons (Fsp3) is 0.250. The van der Waals surface area contributed by atoms with E-state index in [0.29, 0.717) is 29.5 Å². The predicted molar refractivity (Wildman–Crippen MR) is 87.2 cm³/mol. The first kappa shape index (κ1) is 13.7. The summed E-state index contributed by atoms with van der Waals surface area (Å²) in [6.45, 7) is 6.49. The first-order valence-corrected chi connectivity index (χ1v) is 7.38. The topological polar surface area (TPSA) is 92.5 Å². The molecule has 0 aliphatic rings. The van der Waals surface area contributed by atoms with E-state index in [2.05, 4.69) is 56.2 Å². The van der Waals surface area contributed by atoms with Gasteiger partial charge in [0, 0.05) is 6.92 Å². The van der Waals surface area contributed by atoms with Crippen LogP contribution in [0.15, 0.2) is 22.9 Å². The van der Waals surface area contributed by atoms with Crippen LogP contribution in [-0.4, -0.2) is 24.9 Å². The summed E-state index contributed by atoms with van der Waals surface area (Å²) in [5.41, 5.74) is 5.60. The van der Waals surface area contributed by atoms with Crippen molar-refractivity contribution in [2.24, 2.45) is 0 Å². The molecule has 7 heteroatoms. The van der Waals surface area contributed by atoms with Crippen LogP contribution in [0.1, 0.15) is 22.8 Å². The molecule has 116 valence electrons. The van der Waals surface area contributed by atoms with Gasteiger partial charge in [-0.2, -0.15) is 4.98 Å². The Labute approximate surface area is 132 Å². The SMILES string of the molecule is Cc1nc2c(NCc3nc4cc(C)c(C)cc4[nH]3)ncnc2o1. The molecule has 0 spiro atoms.